The Morgan fingerprint density at radius 1 is 0.582 bits per heavy atom. The van der Waals surface area contributed by atoms with Gasteiger partial charge in [0.25, 0.3) is 0 Å². The molecule has 11 nitrogen and oxygen atoms in total. The zero-order valence-electron chi connectivity index (χ0n) is 41.8. The molecule has 0 aromatic carbocycles. The molecule has 1 saturated heterocycles. The zero-order valence-corrected chi connectivity index (χ0v) is 41.8. The van der Waals surface area contributed by atoms with Crippen molar-refractivity contribution in [1.82, 2.24) is 5.32 Å². The third-order valence-corrected chi connectivity index (χ3v) is 11.8. The average molecular weight is 942 g/mol. The van der Waals surface area contributed by atoms with Gasteiger partial charge in [-0.15, -0.1) is 0 Å². The number of allylic oxidation sites excluding steroid dienone is 13. The Hall–Kier alpha value is -3.16. The van der Waals surface area contributed by atoms with Crippen LogP contribution in [0.25, 0.3) is 0 Å². The van der Waals surface area contributed by atoms with Gasteiger partial charge in [-0.25, -0.2) is 0 Å². The summed E-state index contributed by atoms with van der Waals surface area (Å²) in [6.45, 7) is 3.93. The SMILES string of the molecule is C/C=C/CC/C=C/CC/C=C/C(O)C(COC1OC(CO)C(O)C(O)C1O)NC(=O)CCCCCCCCC/C=C\C/C=C\CCCCCOC(=O)CCCCCCC/C=C\C/C=C\CCC. The maximum Gasteiger partial charge on any atom is 0.305 e. The number of aliphatic hydroxyl groups excluding tert-OH is 5. The number of aliphatic hydroxyl groups is 5. The number of amides is 1. The molecule has 0 aromatic heterocycles. The molecular weight excluding hydrogens is 847 g/mol. The summed E-state index contributed by atoms with van der Waals surface area (Å²) >= 11 is 0. The Morgan fingerprint density at radius 3 is 1.64 bits per heavy atom. The molecule has 11 heteroatoms. The van der Waals surface area contributed by atoms with Crippen LogP contribution in [0.15, 0.2) is 85.1 Å². The first-order valence-corrected chi connectivity index (χ1v) is 26.3. The van der Waals surface area contributed by atoms with E-state index in [0.29, 0.717) is 25.9 Å². The molecule has 1 rings (SSSR count). The van der Waals surface area contributed by atoms with Crippen LogP contribution >= 0.6 is 0 Å². The van der Waals surface area contributed by atoms with Gasteiger partial charge in [0.1, 0.15) is 24.4 Å². The molecular formula is C56H95NO10. The van der Waals surface area contributed by atoms with Crippen molar-refractivity contribution in [2.24, 2.45) is 0 Å². The number of carbonyl (C=O) groups excluding carboxylic acids is 2. The van der Waals surface area contributed by atoms with E-state index in [1.165, 1.54) is 44.9 Å². The van der Waals surface area contributed by atoms with Gasteiger partial charge in [-0.2, -0.15) is 0 Å². The largest absolute Gasteiger partial charge is 0.466 e. The van der Waals surface area contributed by atoms with Crippen molar-refractivity contribution < 1.29 is 49.3 Å². The van der Waals surface area contributed by atoms with Crippen LogP contribution in [0.1, 0.15) is 194 Å². The summed E-state index contributed by atoms with van der Waals surface area (Å²) < 4.78 is 16.6. The van der Waals surface area contributed by atoms with E-state index in [1.54, 1.807) is 6.08 Å². The first-order chi connectivity index (χ1) is 32.7. The van der Waals surface area contributed by atoms with Gasteiger partial charge in [0, 0.05) is 12.8 Å². The smallest absolute Gasteiger partial charge is 0.305 e. The van der Waals surface area contributed by atoms with Crippen molar-refractivity contribution in [3.05, 3.63) is 85.1 Å². The van der Waals surface area contributed by atoms with Crippen molar-refractivity contribution in [3.8, 4) is 0 Å². The van der Waals surface area contributed by atoms with E-state index in [0.717, 1.165) is 116 Å². The minimum Gasteiger partial charge on any atom is -0.466 e. The highest BCUT2D eigenvalue weighted by atomic mass is 16.7. The Morgan fingerprint density at radius 2 is 1.07 bits per heavy atom. The molecule has 1 amide bonds. The highest BCUT2D eigenvalue weighted by Crippen LogP contribution is 2.22. The first kappa shape index (κ1) is 61.9. The molecule has 1 aliphatic heterocycles. The van der Waals surface area contributed by atoms with Gasteiger partial charge < -0.3 is 45.1 Å². The predicted octanol–water partition coefficient (Wildman–Crippen LogP) is 11.0. The Kier molecular flexibility index (Phi) is 41.8. The Bertz CT molecular complexity index is 1390. The number of ether oxygens (including phenoxy) is 3. The summed E-state index contributed by atoms with van der Waals surface area (Å²) in [5.41, 5.74) is 0. The number of esters is 1. The summed E-state index contributed by atoms with van der Waals surface area (Å²) in [7, 11) is 0. The summed E-state index contributed by atoms with van der Waals surface area (Å²) in [6, 6.07) is -0.848. The minimum atomic E-state index is -1.59. The second-order valence-corrected chi connectivity index (χ2v) is 17.9. The highest BCUT2D eigenvalue weighted by Gasteiger charge is 2.44. The zero-order chi connectivity index (χ0) is 48.8. The van der Waals surface area contributed by atoms with Gasteiger partial charge >= 0.3 is 5.97 Å². The van der Waals surface area contributed by atoms with E-state index in [9.17, 15) is 35.1 Å². The lowest BCUT2D eigenvalue weighted by molar-refractivity contribution is -0.302. The third-order valence-electron chi connectivity index (χ3n) is 11.8. The number of carbonyl (C=O) groups is 2. The van der Waals surface area contributed by atoms with E-state index in [4.69, 9.17) is 14.2 Å². The summed E-state index contributed by atoms with van der Waals surface area (Å²) in [5, 5.41) is 54.0. The predicted molar refractivity (Wildman–Crippen MR) is 273 cm³/mol. The van der Waals surface area contributed by atoms with E-state index >= 15 is 0 Å². The van der Waals surface area contributed by atoms with E-state index in [2.05, 4.69) is 79.1 Å². The second-order valence-electron chi connectivity index (χ2n) is 17.9. The van der Waals surface area contributed by atoms with Crippen LogP contribution in [0.5, 0.6) is 0 Å². The van der Waals surface area contributed by atoms with Gasteiger partial charge in [0.15, 0.2) is 6.29 Å². The Balaban J connectivity index is 2.13. The molecule has 1 aliphatic rings. The fourth-order valence-electron chi connectivity index (χ4n) is 7.54. The lowest BCUT2D eigenvalue weighted by Gasteiger charge is -2.40. The summed E-state index contributed by atoms with van der Waals surface area (Å²) in [4.78, 5) is 25.0. The van der Waals surface area contributed by atoms with Crippen LogP contribution in [0.2, 0.25) is 0 Å². The summed E-state index contributed by atoms with van der Waals surface area (Å²) in [5.74, 6) is -0.270. The van der Waals surface area contributed by atoms with Crippen LogP contribution in [0.4, 0.5) is 0 Å². The Labute approximate surface area is 406 Å². The molecule has 0 aromatic rings. The molecule has 1 fully saturated rings. The second kappa shape index (κ2) is 45.3. The van der Waals surface area contributed by atoms with Gasteiger partial charge in [0.2, 0.25) is 5.91 Å². The van der Waals surface area contributed by atoms with E-state index in [1.807, 2.05) is 19.1 Å². The van der Waals surface area contributed by atoms with E-state index < -0.39 is 49.5 Å². The molecule has 67 heavy (non-hydrogen) atoms. The van der Waals surface area contributed by atoms with Gasteiger partial charge in [-0.05, 0) is 116 Å². The van der Waals surface area contributed by atoms with Crippen molar-refractivity contribution in [2.75, 3.05) is 19.8 Å². The van der Waals surface area contributed by atoms with Crippen LogP contribution in [-0.2, 0) is 23.8 Å². The third kappa shape index (κ3) is 35.6. The van der Waals surface area contributed by atoms with Crippen molar-refractivity contribution in [2.45, 2.75) is 236 Å². The maximum atomic E-state index is 12.9. The van der Waals surface area contributed by atoms with Crippen LogP contribution in [0.3, 0.4) is 0 Å². The molecule has 7 atom stereocenters. The van der Waals surface area contributed by atoms with Gasteiger partial charge in [-0.3, -0.25) is 9.59 Å². The lowest BCUT2D eigenvalue weighted by atomic mass is 9.99. The average Bonchev–Trinajstić information content (AvgIpc) is 3.32. The topological polar surface area (TPSA) is 175 Å². The normalized spacial score (nSPS) is 20.3. The molecule has 384 valence electrons. The standard InChI is InChI=1S/C56H95NO10/c1-3-5-7-9-11-13-14-20-24-28-32-36-40-44-52(61)65-45-41-37-33-29-25-22-19-17-15-16-18-21-23-27-31-35-39-43-51(60)57-48(49(59)42-38-34-30-26-12-10-8-6-4-2)47-66-56-55(64)54(63)53(62)50(46-58)67-56/h4,6-7,9,12-15,17,22,25-26,38,42,48-50,53-56,58-59,62-64H,3,5,8,10-11,16,18-21,23-24,27-37,39-41,43-47H2,1-2H3,(H,57,60)/b6-4+,9-7-,14-13-,17-15-,25-22-,26-12+,42-38+. The maximum absolute atomic E-state index is 12.9. The van der Waals surface area contributed by atoms with Crippen LogP contribution in [-0.4, -0.2) is 100 Å². The highest BCUT2D eigenvalue weighted by molar-refractivity contribution is 5.76. The molecule has 0 aliphatic carbocycles. The van der Waals surface area contributed by atoms with Crippen LogP contribution < -0.4 is 5.32 Å². The molecule has 6 N–H and O–H groups in total. The fourth-order valence-corrected chi connectivity index (χ4v) is 7.54. The minimum absolute atomic E-state index is 0.0509. The number of unbranched alkanes of at least 4 members (excludes halogenated alkanes) is 18. The molecule has 1 heterocycles. The fraction of sp³-hybridized carbons (Fsp3) is 0.714. The van der Waals surface area contributed by atoms with Crippen molar-refractivity contribution in [3.63, 3.8) is 0 Å². The van der Waals surface area contributed by atoms with Gasteiger partial charge in [-0.1, -0.05) is 150 Å². The van der Waals surface area contributed by atoms with Crippen molar-refractivity contribution in [1.29, 1.82) is 0 Å². The molecule has 0 saturated carbocycles. The molecule has 0 radical (unpaired) electrons. The van der Waals surface area contributed by atoms with Crippen LogP contribution in [0, 0.1) is 0 Å². The number of hydrogen-bond acceptors (Lipinski definition) is 10. The molecule has 0 spiro atoms. The van der Waals surface area contributed by atoms with Gasteiger partial charge in [0.05, 0.1) is 32.0 Å². The summed E-state index contributed by atoms with van der Waals surface area (Å²) in [6.07, 6.45) is 49.8. The number of nitrogens with one attached hydrogen (secondary N) is 1. The van der Waals surface area contributed by atoms with Crippen molar-refractivity contribution >= 4 is 11.9 Å². The molecule has 7 unspecified atom stereocenters. The molecule has 0 bridgehead atoms. The number of rotatable bonds is 43. The quantitative estimate of drug-likeness (QED) is 0.0196. The monoisotopic (exact) mass is 942 g/mol. The van der Waals surface area contributed by atoms with E-state index in [-0.39, 0.29) is 18.5 Å². The lowest BCUT2D eigenvalue weighted by Crippen LogP contribution is -2.60. The first-order valence-electron chi connectivity index (χ1n) is 26.3. The number of hydrogen-bond donors (Lipinski definition) is 6.